The first-order valence-corrected chi connectivity index (χ1v) is 8.20. The number of nitrogens with zero attached hydrogens (tertiary/aromatic N) is 2. The van der Waals surface area contributed by atoms with Crippen molar-refractivity contribution in [2.45, 2.75) is 6.92 Å². The highest BCUT2D eigenvalue weighted by molar-refractivity contribution is 6.36. The van der Waals surface area contributed by atoms with E-state index in [1.54, 1.807) is 18.2 Å². The van der Waals surface area contributed by atoms with E-state index in [0.717, 1.165) is 11.3 Å². The normalized spacial score (nSPS) is 10.4. The van der Waals surface area contributed by atoms with E-state index in [1.807, 2.05) is 31.2 Å². The van der Waals surface area contributed by atoms with Crippen molar-refractivity contribution in [3.8, 4) is 0 Å². The van der Waals surface area contributed by atoms with Gasteiger partial charge in [-0.25, -0.2) is 9.97 Å². The molecule has 126 valence electrons. The number of aryl methyl sites for hydroxylation is 1. The van der Waals surface area contributed by atoms with E-state index in [2.05, 4.69) is 20.6 Å². The molecule has 0 aliphatic carbocycles. The molecule has 25 heavy (non-hydrogen) atoms. The molecular weight excluding hydrogens is 359 g/mol. The van der Waals surface area contributed by atoms with Crippen molar-refractivity contribution >= 4 is 46.4 Å². The molecule has 0 atom stereocenters. The number of aromatic nitrogens is 2. The fraction of sp³-hybridized carbons (Fsp3) is 0.0556. The summed E-state index contributed by atoms with van der Waals surface area (Å²) in [5.74, 6) is -0.0581. The zero-order valence-corrected chi connectivity index (χ0v) is 14.8. The minimum Gasteiger partial charge on any atom is -0.324 e. The van der Waals surface area contributed by atoms with Crippen molar-refractivity contribution in [1.82, 2.24) is 9.97 Å². The summed E-state index contributed by atoms with van der Waals surface area (Å²) in [6.07, 6.45) is 1.52. The van der Waals surface area contributed by atoms with Gasteiger partial charge in [-0.15, -0.1) is 0 Å². The lowest BCUT2D eigenvalue weighted by Gasteiger charge is -2.09. The van der Waals surface area contributed by atoms with Gasteiger partial charge in [0.2, 0.25) is 5.95 Å². The Labute approximate surface area is 155 Å². The summed E-state index contributed by atoms with van der Waals surface area (Å²) >= 11 is 11.9. The zero-order chi connectivity index (χ0) is 17.8. The standard InChI is InChI=1S/C18H14Cl2N4O/c1-11-2-5-13(6-3-11)22-18-21-9-8-16(24-18)17(25)23-15-7-4-12(19)10-14(15)20/h2-10H,1H3,(H,23,25)(H,21,22,24). The van der Waals surface area contributed by atoms with Crippen molar-refractivity contribution in [1.29, 1.82) is 0 Å². The molecule has 2 aromatic carbocycles. The van der Waals surface area contributed by atoms with Crippen molar-refractivity contribution in [3.63, 3.8) is 0 Å². The van der Waals surface area contributed by atoms with E-state index in [0.29, 0.717) is 21.7 Å². The molecule has 3 aromatic rings. The first-order chi connectivity index (χ1) is 12.0. The van der Waals surface area contributed by atoms with Crippen molar-refractivity contribution in [2.24, 2.45) is 0 Å². The van der Waals surface area contributed by atoms with Crippen LogP contribution in [0.25, 0.3) is 0 Å². The molecule has 0 radical (unpaired) electrons. The smallest absolute Gasteiger partial charge is 0.274 e. The lowest BCUT2D eigenvalue weighted by Crippen LogP contribution is -2.15. The minimum absolute atomic E-state index is 0.218. The average Bonchev–Trinajstić information content (AvgIpc) is 2.60. The fourth-order valence-corrected chi connectivity index (χ4v) is 2.54. The van der Waals surface area contributed by atoms with Gasteiger partial charge in [-0.05, 0) is 43.3 Å². The van der Waals surface area contributed by atoms with Crippen LogP contribution in [0.5, 0.6) is 0 Å². The van der Waals surface area contributed by atoms with Gasteiger partial charge in [-0.1, -0.05) is 40.9 Å². The Morgan fingerprint density at radius 2 is 1.80 bits per heavy atom. The molecule has 0 saturated carbocycles. The molecule has 0 bridgehead atoms. The number of carbonyl (C=O) groups is 1. The van der Waals surface area contributed by atoms with E-state index in [9.17, 15) is 4.79 Å². The van der Waals surface area contributed by atoms with Gasteiger partial charge in [0.25, 0.3) is 5.91 Å². The van der Waals surface area contributed by atoms with E-state index in [4.69, 9.17) is 23.2 Å². The van der Waals surface area contributed by atoms with Crippen LogP contribution in [0, 0.1) is 6.92 Å². The van der Waals surface area contributed by atoms with E-state index >= 15 is 0 Å². The number of halogens is 2. The SMILES string of the molecule is Cc1ccc(Nc2nccc(C(=O)Nc3ccc(Cl)cc3Cl)n2)cc1. The maximum atomic E-state index is 12.4. The molecule has 7 heteroatoms. The Morgan fingerprint density at radius 3 is 2.52 bits per heavy atom. The van der Waals surface area contributed by atoms with Gasteiger partial charge >= 0.3 is 0 Å². The van der Waals surface area contributed by atoms with Crippen LogP contribution >= 0.6 is 23.2 Å². The van der Waals surface area contributed by atoms with Gasteiger partial charge in [-0.3, -0.25) is 4.79 Å². The molecule has 3 rings (SSSR count). The lowest BCUT2D eigenvalue weighted by molar-refractivity contribution is 0.102. The highest BCUT2D eigenvalue weighted by Gasteiger charge is 2.11. The summed E-state index contributed by atoms with van der Waals surface area (Å²) in [6, 6.07) is 14.1. The predicted molar refractivity (Wildman–Crippen MR) is 101 cm³/mol. The van der Waals surface area contributed by atoms with E-state index < -0.39 is 5.91 Å². The maximum Gasteiger partial charge on any atom is 0.274 e. The summed E-state index contributed by atoms with van der Waals surface area (Å²) in [5, 5.41) is 6.62. The van der Waals surface area contributed by atoms with Crippen LogP contribution in [-0.4, -0.2) is 15.9 Å². The number of anilines is 3. The van der Waals surface area contributed by atoms with Gasteiger partial charge in [0.15, 0.2) is 0 Å². The third kappa shape index (κ3) is 4.47. The lowest BCUT2D eigenvalue weighted by atomic mass is 10.2. The third-order valence-electron chi connectivity index (χ3n) is 3.38. The second-order valence-electron chi connectivity index (χ2n) is 5.33. The molecule has 5 nitrogen and oxygen atoms in total. The van der Waals surface area contributed by atoms with Crippen LogP contribution in [0.1, 0.15) is 16.1 Å². The third-order valence-corrected chi connectivity index (χ3v) is 3.92. The predicted octanol–water partition coefficient (Wildman–Crippen LogP) is 5.09. The molecule has 0 spiro atoms. The van der Waals surface area contributed by atoms with Gasteiger partial charge in [0, 0.05) is 16.9 Å². The highest BCUT2D eigenvalue weighted by atomic mass is 35.5. The number of hydrogen-bond acceptors (Lipinski definition) is 4. The van der Waals surface area contributed by atoms with Crippen molar-refractivity contribution in [2.75, 3.05) is 10.6 Å². The number of rotatable bonds is 4. The van der Waals surface area contributed by atoms with Gasteiger partial charge in [0.05, 0.1) is 10.7 Å². The maximum absolute atomic E-state index is 12.4. The Morgan fingerprint density at radius 1 is 1.04 bits per heavy atom. The van der Waals surface area contributed by atoms with Crippen LogP contribution in [0.4, 0.5) is 17.3 Å². The molecule has 0 fully saturated rings. The zero-order valence-electron chi connectivity index (χ0n) is 13.3. The Hall–Kier alpha value is -2.63. The highest BCUT2D eigenvalue weighted by Crippen LogP contribution is 2.25. The molecular formula is C18H14Cl2N4O. The quantitative estimate of drug-likeness (QED) is 0.669. The Bertz CT molecular complexity index is 913. The molecule has 0 unspecified atom stereocenters. The topological polar surface area (TPSA) is 66.9 Å². The van der Waals surface area contributed by atoms with Crippen LogP contribution in [0.15, 0.2) is 54.7 Å². The van der Waals surface area contributed by atoms with Crippen LogP contribution < -0.4 is 10.6 Å². The molecule has 1 amide bonds. The summed E-state index contributed by atoms with van der Waals surface area (Å²) in [5.41, 5.74) is 2.67. The number of nitrogens with one attached hydrogen (secondary N) is 2. The number of benzene rings is 2. The fourth-order valence-electron chi connectivity index (χ4n) is 2.09. The summed E-state index contributed by atoms with van der Waals surface area (Å²) in [6.45, 7) is 2.01. The summed E-state index contributed by atoms with van der Waals surface area (Å²) in [7, 11) is 0. The first-order valence-electron chi connectivity index (χ1n) is 7.44. The first kappa shape index (κ1) is 17.2. The van der Waals surface area contributed by atoms with Crippen LogP contribution in [0.2, 0.25) is 10.0 Å². The van der Waals surface area contributed by atoms with E-state index in [1.165, 1.54) is 12.3 Å². The summed E-state index contributed by atoms with van der Waals surface area (Å²) < 4.78 is 0. The summed E-state index contributed by atoms with van der Waals surface area (Å²) in [4.78, 5) is 20.7. The number of amides is 1. The van der Waals surface area contributed by atoms with Crippen LogP contribution in [0.3, 0.4) is 0 Å². The number of carbonyl (C=O) groups excluding carboxylic acids is 1. The molecule has 1 heterocycles. The Balaban J connectivity index is 1.76. The molecule has 1 aromatic heterocycles. The molecule has 2 N–H and O–H groups in total. The number of hydrogen-bond donors (Lipinski definition) is 2. The average molecular weight is 373 g/mol. The van der Waals surface area contributed by atoms with Crippen LogP contribution in [-0.2, 0) is 0 Å². The van der Waals surface area contributed by atoms with Gasteiger partial charge in [0.1, 0.15) is 5.69 Å². The molecule has 0 aliphatic heterocycles. The minimum atomic E-state index is -0.390. The van der Waals surface area contributed by atoms with Crippen molar-refractivity contribution in [3.05, 3.63) is 76.0 Å². The van der Waals surface area contributed by atoms with Gasteiger partial charge < -0.3 is 10.6 Å². The monoisotopic (exact) mass is 372 g/mol. The molecule has 0 saturated heterocycles. The second-order valence-corrected chi connectivity index (χ2v) is 6.18. The largest absolute Gasteiger partial charge is 0.324 e. The Kier molecular flexibility index (Phi) is 5.16. The van der Waals surface area contributed by atoms with Gasteiger partial charge in [-0.2, -0.15) is 0 Å². The van der Waals surface area contributed by atoms with E-state index in [-0.39, 0.29) is 5.69 Å². The second kappa shape index (κ2) is 7.51. The van der Waals surface area contributed by atoms with Crippen molar-refractivity contribution < 1.29 is 4.79 Å². The molecule has 0 aliphatic rings.